The largest absolute Gasteiger partial charge is 0.496 e. The smallest absolute Gasteiger partial charge is 0.175 e. The topological polar surface area (TPSA) is 73.5 Å². The van der Waals surface area contributed by atoms with Crippen molar-refractivity contribution in [2.24, 2.45) is 0 Å². The number of hydrogen-bond acceptors (Lipinski definition) is 7. The fraction of sp³-hybridized carbons (Fsp3) is 0.227. The number of halogens is 1. The summed E-state index contributed by atoms with van der Waals surface area (Å²) in [5.41, 5.74) is 3.31. The summed E-state index contributed by atoms with van der Waals surface area (Å²) in [6.45, 7) is 2.81. The third-order valence-corrected chi connectivity index (χ3v) is 5.21. The molecular weight excluding hydrogens is 387 g/mol. The number of anilines is 1. The van der Waals surface area contributed by atoms with Crippen molar-refractivity contribution in [3.8, 4) is 28.1 Å². The first kappa shape index (κ1) is 18.5. The molecule has 1 aliphatic heterocycles. The molecule has 8 heteroatoms. The summed E-state index contributed by atoms with van der Waals surface area (Å²) in [5.74, 6) is 0.973. The average Bonchev–Trinajstić information content (AvgIpc) is 3.24. The van der Waals surface area contributed by atoms with Crippen LogP contribution in [-0.2, 0) is 4.74 Å². The van der Waals surface area contributed by atoms with Crippen molar-refractivity contribution in [2.75, 3.05) is 38.3 Å². The van der Waals surface area contributed by atoms with Crippen LogP contribution in [0.25, 0.3) is 33.4 Å². The Morgan fingerprint density at radius 3 is 2.77 bits per heavy atom. The second-order valence-corrected chi connectivity index (χ2v) is 6.92. The molecule has 30 heavy (non-hydrogen) atoms. The van der Waals surface area contributed by atoms with E-state index in [-0.39, 0.29) is 5.82 Å². The Hall–Kier alpha value is -3.52. The molecule has 0 bridgehead atoms. The van der Waals surface area contributed by atoms with Gasteiger partial charge in [-0.25, -0.2) is 14.4 Å². The Morgan fingerprint density at radius 1 is 1.07 bits per heavy atom. The highest BCUT2D eigenvalue weighted by molar-refractivity contribution is 6.02. The molecule has 0 N–H and O–H groups in total. The predicted molar refractivity (Wildman–Crippen MR) is 110 cm³/mol. The molecule has 2 aromatic carbocycles. The van der Waals surface area contributed by atoms with Gasteiger partial charge in [-0.1, -0.05) is 17.3 Å². The molecule has 0 aliphatic carbocycles. The molecule has 4 aromatic rings. The van der Waals surface area contributed by atoms with Crippen LogP contribution in [0.15, 0.2) is 53.4 Å². The number of nitrogens with zero attached hydrogens (tertiary/aromatic N) is 4. The van der Waals surface area contributed by atoms with Crippen molar-refractivity contribution in [2.45, 2.75) is 0 Å². The first-order valence-corrected chi connectivity index (χ1v) is 9.61. The first-order chi connectivity index (χ1) is 14.8. The molecule has 3 heterocycles. The molecule has 1 aliphatic rings. The van der Waals surface area contributed by atoms with Gasteiger partial charge in [0.25, 0.3) is 0 Å². The SMILES string of the molecule is COc1ccc(F)cc1-c1noc2c(-c3cncnc3N3CCOCC3)cccc12. The van der Waals surface area contributed by atoms with Crippen LogP contribution in [-0.4, -0.2) is 48.5 Å². The zero-order valence-corrected chi connectivity index (χ0v) is 16.3. The molecule has 0 radical (unpaired) electrons. The van der Waals surface area contributed by atoms with Crippen LogP contribution in [0.5, 0.6) is 5.75 Å². The Bertz CT molecular complexity index is 1200. The molecule has 1 fully saturated rings. The molecular formula is C22H19FN4O3. The van der Waals surface area contributed by atoms with Gasteiger partial charge in [-0.3, -0.25) is 0 Å². The maximum Gasteiger partial charge on any atom is 0.175 e. The Balaban J connectivity index is 1.67. The van der Waals surface area contributed by atoms with Crippen molar-refractivity contribution in [3.63, 3.8) is 0 Å². The van der Waals surface area contributed by atoms with Crippen LogP contribution >= 0.6 is 0 Å². The van der Waals surface area contributed by atoms with Crippen molar-refractivity contribution in [1.29, 1.82) is 0 Å². The van der Waals surface area contributed by atoms with Gasteiger partial charge < -0.3 is 18.9 Å². The maximum absolute atomic E-state index is 13.9. The van der Waals surface area contributed by atoms with Gasteiger partial charge in [0.05, 0.1) is 25.7 Å². The van der Waals surface area contributed by atoms with Gasteiger partial charge in [-0.15, -0.1) is 0 Å². The van der Waals surface area contributed by atoms with Crippen LogP contribution < -0.4 is 9.64 Å². The molecule has 5 rings (SSSR count). The van der Waals surface area contributed by atoms with Gasteiger partial charge in [0.1, 0.15) is 29.4 Å². The predicted octanol–water partition coefficient (Wildman–Crippen LogP) is 3.94. The molecule has 1 saturated heterocycles. The van der Waals surface area contributed by atoms with E-state index in [1.165, 1.54) is 18.5 Å². The van der Waals surface area contributed by atoms with E-state index in [0.29, 0.717) is 35.8 Å². The van der Waals surface area contributed by atoms with Gasteiger partial charge >= 0.3 is 0 Å². The lowest BCUT2D eigenvalue weighted by Gasteiger charge is -2.29. The lowest BCUT2D eigenvalue weighted by Crippen LogP contribution is -2.37. The van der Waals surface area contributed by atoms with E-state index in [0.717, 1.165) is 35.4 Å². The number of fused-ring (bicyclic) bond motifs is 1. The normalized spacial score (nSPS) is 14.3. The fourth-order valence-corrected chi connectivity index (χ4v) is 3.77. The van der Waals surface area contributed by atoms with Crippen molar-refractivity contribution in [3.05, 3.63) is 54.7 Å². The summed E-state index contributed by atoms with van der Waals surface area (Å²) in [4.78, 5) is 10.9. The molecule has 0 unspecified atom stereocenters. The van der Waals surface area contributed by atoms with Gasteiger partial charge in [0, 0.05) is 36.0 Å². The Labute approximate surface area is 172 Å². The molecule has 0 atom stereocenters. The zero-order chi connectivity index (χ0) is 20.5. The van der Waals surface area contributed by atoms with E-state index in [1.807, 2.05) is 18.2 Å². The van der Waals surface area contributed by atoms with Crippen LogP contribution in [0, 0.1) is 5.82 Å². The summed E-state index contributed by atoms with van der Waals surface area (Å²) in [6, 6.07) is 10.1. The summed E-state index contributed by atoms with van der Waals surface area (Å²) in [7, 11) is 1.54. The lowest BCUT2D eigenvalue weighted by molar-refractivity contribution is 0.122. The second kappa shape index (κ2) is 7.72. The van der Waals surface area contributed by atoms with Crippen molar-refractivity contribution < 1.29 is 18.4 Å². The van der Waals surface area contributed by atoms with Crippen LogP contribution in [0.3, 0.4) is 0 Å². The molecule has 152 valence electrons. The van der Waals surface area contributed by atoms with Crippen LogP contribution in [0.2, 0.25) is 0 Å². The summed E-state index contributed by atoms with van der Waals surface area (Å²) >= 11 is 0. The van der Waals surface area contributed by atoms with E-state index in [9.17, 15) is 4.39 Å². The van der Waals surface area contributed by atoms with Gasteiger partial charge in [0.15, 0.2) is 5.58 Å². The average molecular weight is 406 g/mol. The van der Waals surface area contributed by atoms with Gasteiger partial charge in [-0.2, -0.15) is 0 Å². The number of rotatable bonds is 4. The number of ether oxygens (including phenoxy) is 2. The summed E-state index contributed by atoms with van der Waals surface area (Å²) < 4.78 is 30.5. The number of methoxy groups -OCH3 is 1. The highest BCUT2D eigenvalue weighted by Crippen LogP contribution is 2.40. The Morgan fingerprint density at radius 2 is 1.93 bits per heavy atom. The van der Waals surface area contributed by atoms with E-state index >= 15 is 0 Å². The molecule has 2 aromatic heterocycles. The van der Waals surface area contributed by atoms with Gasteiger partial charge in [0.2, 0.25) is 0 Å². The van der Waals surface area contributed by atoms with Gasteiger partial charge in [-0.05, 0) is 24.3 Å². The number of morpholine rings is 1. The molecule has 0 saturated carbocycles. The lowest BCUT2D eigenvalue weighted by atomic mass is 10.0. The second-order valence-electron chi connectivity index (χ2n) is 6.92. The van der Waals surface area contributed by atoms with Crippen LogP contribution in [0.4, 0.5) is 10.2 Å². The number of hydrogen-bond donors (Lipinski definition) is 0. The van der Waals surface area contributed by atoms with E-state index < -0.39 is 0 Å². The van der Waals surface area contributed by atoms with Crippen molar-refractivity contribution >= 4 is 16.8 Å². The molecule has 0 amide bonds. The minimum Gasteiger partial charge on any atom is -0.496 e. The number of benzene rings is 2. The molecule has 0 spiro atoms. The fourth-order valence-electron chi connectivity index (χ4n) is 3.77. The molecule has 7 nitrogen and oxygen atoms in total. The Kier molecular flexibility index (Phi) is 4.76. The number of aromatic nitrogens is 3. The monoisotopic (exact) mass is 406 g/mol. The summed E-state index contributed by atoms with van der Waals surface area (Å²) in [5, 5.41) is 5.01. The zero-order valence-electron chi connectivity index (χ0n) is 16.3. The third-order valence-electron chi connectivity index (χ3n) is 5.21. The van der Waals surface area contributed by atoms with Crippen LogP contribution in [0.1, 0.15) is 0 Å². The van der Waals surface area contributed by atoms with Crippen molar-refractivity contribution in [1.82, 2.24) is 15.1 Å². The van der Waals surface area contributed by atoms with E-state index in [1.54, 1.807) is 19.4 Å². The minimum absolute atomic E-state index is 0.371. The maximum atomic E-state index is 13.9. The van der Waals surface area contributed by atoms with E-state index in [2.05, 4.69) is 20.0 Å². The minimum atomic E-state index is -0.371. The van der Waals surface area contributed by atoms with E-state index in [4.69, 9.17) is 14.0 Å². The number of para-hydroxylation sites is 1. The summed E-state index contributed by atoms with van der Waals surface area (Å²) in [6.07, 6.45) is 3.31. The quantitative estimate of drug-likeness (QED) is 0.508. The highest BCUT2D eigenvalue weighted by atomic mass is 19.1. The standard InChI is InChI=1S/C22H19FN4O3/c1-28-19-6-5-14(23)11-17(19)20-16-4-2-3-15(21(16)30-26-20)18-12-24-13-25-22(18)27-7-9-29-10-8-27/h2-6,11-13H,7-10H2,1H3. The highest BCUT2D eigenvalue weighted by Gasteiger charge is 2.22. The first-order valence-electron chi connectivity index (χ1n) is 9.61. The third kappa shape index (κ3) is 3.15.